The van der Waals surface area contributed by atoms with Crippen LogP contribution in [0.1, 0.15) is 30.9 Å². The lowest BCUT2D eigenvalue weighted by atomic mass is 9.65. The standard InChI is InChI=1S/C19H14F4N2O4/c1-17-6-10(26)18(29-17)4-5-28-16-13(18)12(17)15(27)25(16)9-3-2-8(7-24)11(14(9)20)19(21,22)23/h2-3,12-13,16H,4-6H2,1H3/t12-,13+,16+,17-,18+/m1/s1. The predicted molar refractivity (Wildman–Crippen MR) is 86.8 cm³/mol. The molecule has 0 aromatic heterocycles. The molecule has 0 saturated carbocycles. The van der Waals surface area contributed by atoms with Crippen molar-refractivity contribution in [1.29, 1.82) is 5.26 Å². The Balaban J connectivity index is 1.68. The number of nitrogens with zero attached hydrogens (tertiary/aromatic N) is 2. The van der Waals surface area contributed by atoms with Gasteiger partial charge in [0, 0.05) is 12.8 Å². The van der Waals surface area contributed by atoms with Gasteiger partial charge in [-0.25, -0.2) is 4.39 Å². The molecule has 2 bridgehead atoms. The quantitative estimate of drug-likeness (QED) is 0.665. The highest BCUT2D eigenvalue weighted by atomic mass is 19.4. The number of carbonyl (C=O) groups is 2. The van der Waals surface area contributed by atoms with Crippen LogP contribution in [0.5, 0.6) is 0 Å². The topological polar surface area (TPSA) is 79.6 Å². The van der Waals surface area contributed by atoms with E-state index in [-0.39, 0.29) is 25.2 Å². The van der Waals surface area contributed by atoms with Gasteiger partial charge < -0.3 is 9.47 Å². The smallest absolute Gasteiger partial charge is 0.359 e. The summed E-state index contributed by atoms with van der Waals surface area (Å²) in [5, 5.41) is 8.95. The third kappa shape index (κ3) is 2.07. The fraction of sp³-hybridized carbons (Fsp3) is 0.526. The first-order chi connectivity index (χ1) is 13.5. The minimum absolute atomic E-state index is 0.0180. The Hall–Kier alpha value is -2.51. The van der Waals surface area contributed by atoms with Gasteiger partial charge in [0.15, 0.2) is 11.6 Å². The largest absolute Gasteiger partial charge is 0.420 e. The lowest BCUT2D eigenvalue weighted by Gasteiger charge is -2.40. The first kappa shape index (κ1) is 18.5. The van der Waals surface area contributed by atoms with Gasteiger partial charge >= 0.3 is 6.18 Å². The maximum atomic E-state index is 15.0. The summed E-state index contributed by atoms with van der Waals surface area (Å²) in [4.78, 5) is 26.7. The molecule has 1 spiro atoms. The predicted octanol–water partition coefficient (Wildman–Crippen LogP) is 2.54. The second-order valence-corrected chi connectivity index (χ2v) is 8.06. The van der Waals surface area contributed by atoms with Gasteiger partial charge in [-0.1, -0.05) is 0 Å². The highest BCUT2D eigenvalue weighted by molar-refractivity contribution is 6.04. The van der Waals surface area contributed by atoms with Crippen molar-refractivity contribution in [2.24, 2.45) is 11.8 Å². The number of rotatable bonds is 1. The van der Waals surface area contributed by atoms with E-state index in [4.69, 9.17) is 14.7 Å². The molecule has 5 rings (SSSR count). The second-order valence-electron chi connectivity index (χ2n) is 8.06. The molecule has 0 unspecified atom stereocenters. The van der Waals surface area contributed by atoms with E-state index in [1.165, 1.54) is 6.07 Å². The van der Waals surface area contributed by atoms with Crippen molar-refractivity contribution < 1.29 is 36.6 Å². The number of halogens is 4. The van der Waals surface area contributed by atoms with E-state index in [2.05, 4.69) is 0 Å². The average molecular weight is 410 g/mol. The average Bonchev–Trinajstić information content (AvgIpc) is 3.17. The van der Waals surface area contributed by atoms with Crippen molar-refractivity contribution in [3.63, 3.8) is 0 Å². The Morgan fingerprint density at radius 3 is 2.69 bits per heavy atom. The number of benzene rings is 1. The fourth-order valence-corrected chi connectivity index (χ4v) is 5.54. The van der Waals surface area contributed by atoms with E-state index >= 15 is 4.39 Å². The van der Waals surface area contributed by atoms with E-state index in [0.29, 0.717) is 0 Å². The molecule has 152 valence electrons. The number of hydrogen-bond donors (Lipinski definition) is 0. The number of amides is 1. The number of hydrogen-bond acceptors (Lipinski definition) is 5. The molecule has 4 fully saturated rings. The number of carbonyl (C=O) groups excluding carboxylic acids is 2. The fourth-order valence-electron chi connectivity index (χ4n) is 5.54. The first-order valence-corrected chi connectivity index (χ1v) is 9.03. The van der Waals surface area contributed by atoms with Gasteiger partial charge in [-0.2, -0.15) is 18.4 Å². The van der Waals surface area contributed by atoms with Crippen molar-refractivity contribution in [1.82, 2.24) is 0 Å². The summed E-state index contributed by atoms with van der Waals surface area (Å²) in [6.07, 6.45) is -5.98. The molecule has 1 aromatic carbocycles. The number of Topliss-reactive ketones (excluding diaryl/α,β-unsaturated/α-hetero) is 1. The van der Waals surface area contributed by atoms with Gasteiger partial charge in [0.05, 0.1) is 41.4 Å². The van der Waals surface area contributed by atoms with Crippen LogP contribution >= 0.6 is 0 Å². The van der Waals surface area contributed by atoms with Crippen LogP contribution in [0, 0.1) is 29.0 Å². The summed E-state index contributed by atoms with van der Waals surface area (Å²) in [6, 6.07) is 3.14. The van der Waals surface area contributed by atoms with E-state index in [9.17, 15) is 22.8 Å². The van der Waals surface area contributed by atoms with Crippen LogP contribution in [-0.4, -0.2) is 35.7 Å². The monoisotopic (exact) mass is 410 g/mol. The molecular weight excluding hydrogens is 396 g/mol. The van der Waals surface area contributed by atoms with Crippen molar-refractivity contribution in [2.45, 2.75) is 43.4 Å². The minimum Gasteiger partial charge on any atom is -0.359 e. The lowest BCUT2D eigenvalue weighted by molar-refractivity contribution is -0.158. The molecule has 4 saturated heterocycles. The molecule has 1 amide bonds. The Morgan fingerprint density at radius 2 is 2.03 bits per heavy atom. The van der Waals surface area contributed by atoms with Gasteiger partial charge in [0.1, 0.15) is 17.4 Å². The van der Waals surface area contributed by atoms with Gasteiger partial charge in [-0.05, 0) is 19.1 Å². The van der Waals surface area contributed by atoms with Gasteiger partial charge in [-0.15, -0.1) is 0 Å². The zero-order valence-corrected chi connectivity index (χ0v) is 15.0. The normalized spacial score (nSPS) is 37.8. The van der Waals surface area contributed by atoms with Crippen LogP contribution in [-0.2, 0) is 25.2 Å². The third-order valence-electron chi connectivity index (χ3n) is 6.57. The number of ether oxygens (including phenoxy) is 2. The molecule has 0 aliphatic carbocycles. The van der Waals surface area contributed by atoms with Crippen LogP contribution in [0.4, 0.5) is 23.2 Å². The Kier molecular flexibility index (Phi) is 3.41. The number of anilines is 1. The molecule has 0 radical (unpaired) electrons. The zero-order valence-electron chi connectivity index (χ0n) is 15.0. The van der Waals surface area contributed by atoms with Crippen molar-refractivity contribution >= 4 is 17.4 Å². The van der Waals surface area contributed by atoms with Gasteiger partial charge in [-0.3, -0.25) is 14.5 Å². The lowest BCUT2D eigenvalue weighted by Crippen LogP contribution is -2.55. The maximum Gasteiger partial charge on any atom is 0.420 e. The molecule has 4 aliphatic rings. The summed E-state index contributed by atoms with van der Waals surface area (Å²) in [6.45, 7) is 1.67. The SMILES string of the molecule is C[C@@]12CC(=O)[C@]3(CCO[C@H]4[C@@H]3[C@@H]1C(=O)N4c1ccc(C#N)c(C(F)(F)F)c1F)O2. The Bertz CT molecular complexity index is 1020. The molecule has 6 nitrogen and oxygen atoms in total. The highest BCUT2D eigenvalue weighted by Crippen LogP contribution is 2.64. The van der Waals surface area contributed by atoms with Gasteiger partial charge in [0.2, 0.25) is 5.91 Å². The van der Waals surface area contributed by atoms with Crippen LogP contribution in [0.3, 0.4) is 0 Å². The van der Waals surface area contributed by atoms with Crippen LogP contribution in [0.2, 0.25) is 0 Å². The second kappa shape index (κ2) is 5.34. The summed E-state index contributed by atoms with van der Waals surface area (Å²) >= 11 is 0. The third-order valence-corrected chi connectivity index (χ3v) is 6.57. The van der Waals surface area contributed by atoms with Gasteiger partial charge in [0.25, 0.3) is 0 Å². The highest BCUT2D eigenvalue weighted by Gasteiger charge is 2.78. The van der Waals surface area contributed by atoms with E-state index in [0.717, 1.165) is 17.0 Å². The van der Waals surface area contributed by atoms with E-state index in [1.807, 2.05) is 0 Å². The van der Waals surface area contributed by atoms with E-state index in [1.54, 1.807) is 6.92 Å². The zero-order chi connectivity index (χ0) is 20.9. The van der Waals surface area contributed by atoms with Crippen molar-refractivity contribution in [3.8, 4) is 6.07 Å². The molecule has 1 aromatic rings. The number of fused-ring (bicyclic) bond motifs is 2. The molecule has 4 aliphatic heterocycles. The van der Waals surface area contributed by atoms with Crippen LogP contribution in [0.15, 0.2) is 12.1 Å². The van der Waals surface area contributed by atoms with Crippen molar-refractivity contribution in [2.75, 3.05) is 11.5 Å². The molecule has 0 N–H and O–H groups in total. The number of alkyl halides is 3. The van der Waals surface area contributed by atoms with Crippen molar-refractivity contribution in [3.05, 3.63) is 29.1 Å². The first-order valence-electron chi connectivity index (χ1n) is 9.03. The number of nitriles is 1. The molecular formula is C19H14F4N2O4. The minimum atomic E-state index is -5.12. The summed E-state index contributed by atoms with van der Waals surface area (Å²) in [7, 11) is 0. The maximum absolute atomic E-state index is 15.0. The van der Waals surface area contributed by atoms with Crippen LogP contribution < -0.4 is 4.90 Å². The Labute approximate surface area is 162 Å². The summed E-state index contributed by atoms with van der Waals surface area (Å²) in [5.41, 5.74) is -5.56. The Morgan fingerprint density at radius 1 is 1.31 bits per heavy atom. The van der Waals surface area contributed by atoms with E-state index < -0.39 is 64.0 Å². The summed E-state index contributed by atoms with van der Waals surface area (Å²) in [5.74, 6) is -4.07. The molecule has 29 heavy (non-hydrogen) atoms. The van der Waals surface area contributed by atoms with Crippen LogP contribution in [0.25, 0.3) is 0 Å². The molecule has 4 heterocycles. The summed E-state index contributed by atoms with van der Waals surface area (Å²) < 4.78 is 66.9. The molecule has 10 heteroatoms. The number of ketones is 1. The molecule has 5 atom stereocenters.